The number of benzene rings is 8. The van der Waals surface area contributed by atoms with Crippen molar-refractivity contribution in [2.45, 2.75) is 69.2 Å². The van der Waals surface area contributed by atoms with Gasteiger partial charge in [0.15, 0.2) is 12.1 Å². The van der Waals surface area contributed by atoms with Crippen LogP contribution >= 0.6 is 0 Å². The van der Waals surface area contributed by atoms with Gasteiger partial charge in [0.05, 0.1) is 97.7 Å². The van der Waals surface area contributed by atoms with Crippen molar-refractivity contribution in [1.82, 2.24) is 19.6 Å². The molecule has 2 aliphatic heterocycles. The van der Waals surface area contributed by atoms with Crippen LogP contribution in [-0.4, -0.2) is 124 Å². The molecule has 0 bridgehead atoms. The van der Waals surface area contributed by atoms with E-state index in [0.717, 1.165) is 104 Å². The number of carbonyl (C=O) groups excluding carboxylic acids is 2. The van der Waals surface area contributed by atoms with Crippen LogP contribution in [0, 0.1) is 13.8 Å². The molecule has 12 rings (SSSR count). The first-order valence-corrected chi connectivity index (χ1v) is 39.3. The summed E-state index contributed by atoms with van der Waals surface area (Å²) < 4.78 is 194. The molecular formula is C64H46CoN18O22S6-5. The quantitative estimate of drug-likeness (QED) is 0.0543. The van der Waals surface area contributed by atoms with E-state index in [2.05, 4.69) is 70.8 Å². The van der Waals surface area contributed by atoms with Gasteiger partial charge in [-0.05, 0) is 198 Å². The number of nitrogens with zero attached hydrogens (tertiary/aromatic N) is 16. The number of amides is 2. The molecule has 0 saturated heterocycles. The Hall–Kier alpha value is -12.3. The number of aromatic nitrogens is 4. The summed E-state index contributed by atoms with van der Waals surface area (Å²) in [6.45, 7) is 5.92. The maximum Gasteiger partial charge on any atom is 3.00 e. The monoisotopic (exact) mass is 1670 g/mol. The van der Waals surface area contributed by atoms with Gasteiger partial charge in [-0.15, -0.1) is 10.2 Å². The number of aryl methyl sites for hydroxylation is 2. The van der Waals surface area contributed by atoms with Crippen molar-refractivity contribution >= 4 is 141 Å². The first-order valence-electron chi connectivity index (χ1n) is 30.7. The topological polar surface area (TPSA) is 613 Å². The summed E-state index contributed by atoms with van der Waals surface area (Å²) in [5.41, 5.74) is 0.811. The largest absolute Gasteiger partial charge is 3.00 e. The van der Waals surface area contributed by atoms with E-state index in [1.807, 2.05) is 0 Å². The number of hydrazone groups is 2. The fraction of sp³-hybridized carbons (Fsp3) is 0.0938. The van der Waals surface area contributed by atoms with E-state index in [9.17, 15) is 98.7 Å². The Morgan fingerprint density at radius 1 is 0.360 bits per heavy atom. The molecule has 0 aliphatic carbocycles. The standard InChI is InChI=1S/2C32H27N9O11S3.Co/c2*1-18-29(31(43)40(37-18)22-7-11-24(12-8-22)54(47,48)49)35-33-20-3-5-21(6-4-20)39-53(45,46)26-15-16-28(42)27(17-26)34-36-30-19(2)38-41(32(30)44)23-9-13-25(14-10-23)55(50,51)52;/h3-17,30,39,42-43H,1-2H3,(H,47,48,49)(H,50,51,52);3-17,29,39,42,44H,1-2H3,(H,47,48,49)(H,50,51,52);/q;;+3/p-8. The van der Waals surface area contributed by atoms with Crippen molar-refractivity contribution in [3.05, 3.63) is 193 Å². The van der Waals surface area contributed by atoms with Crippen LogP contribution < -0.4 is 39.9 Å². The van der Waals surface area contributed by atoms with Crippen LogP contribution in [0.15, 0.2) is 262 Å². The Morgan fingerprint density at radius 2 is 0.658 bits per heavy atom. The number of rotatable bonds is 22. The Bertz CT molecular complexity index is 6280. The van der Waals surface area contributed by atoms with Crippen molar-refractivity contribution in [3.8, 4) is 34.6 Å². The SMILES string of the molecule is CC1=NN(c2ccc(S(=O)(=O)[O-])cc2)C(=O)C1N=Nc1cc(S(=O)(=O)Nc2ccc(N=Nc3c(C)nn(-c4ccc(S(=O)(=O)[O-])cc4)c3[O-])cc2)ccc1[O-].CC1=NN(c2ccc(S(=O)(=O)[O-])cc2)C(=O)C1N=Nc1ccc(NS(=O)(=O)c2ccc([O-])c(N=Nc3c(C)nn(-c4ccc(S(=O)(=O)[O-])cc4)c3[O-])c2)cc1.[Co+3]. The first-order chi connectivity index (χ1) is 51.6. The summed E-state index contributed by atoms with van der Waals surface area (Å²) in [5.74, 6) is -4.16. The Labute approximate surface area is 639 Å². The van der Waals surface area contributed by atoms with Gasteiger partial charge in [-0.2, -0.15) is 61.1 Å². The molecule has 2 aliphatic rings. The van der Waals surface area contributed by atoms with E-state index >= 15 is 0 Å². The third-order valence-corrected chi connectivity index (χ3v) is 21.6. The first kappa shape index (κ1) is 81.2. The average molecular weight is 1670 g/mol. The van der Waals surface area contributed by atoms with Gasteiger partial charge in [0, 0.05) is 23.1 Å². The van der Waals surface area contributed by atoms with Crippen molar-refractivity contribution in [1.29, 1.82) is 0 Å². The molecule has 2 unspecified atom stereocenters. The summed E-state index contributed by atoms with van der Waals surface area (Å²) in [6, 6.07) is 32.6. The van der Waals surface area contributed by atoms with Crippen LogP contribution in [0.2, 0.25) is 0 Å². The molecule has 40 nitrogen and oxygen atoms in total. The molecule has 2 N–H and O–H groups in total. The predicted octanol–water partition coefficient (Wildman–Crippen LogP) is 6.45. The fourth-order valence-corrected chi connectivity index (χ4v) is 13.9. The minimum Gasteiger partial charge on any atom is -0.871 e. The van der Waals surface area contributed by atoms with Crippen molar-refractivity contribution < 1.29 is 116 Å². The summed E-state index contributed by atoms with van der Waals surface area (Å²) in [5, 5.41) is 101. The van der Waals surface area contributed by atoms with Crippen LogP contribution in [-0.2, 0) is 86.9 Å². The second-order valence-corrected chi connectivity index (χ2v) is 32.0. The molecule has 4 heterocycles. The molecule has 2 amide bonds. The van der Waals surface area contributed by atoms with Crippen molar-refractivity contribution in [3.63, 3.8) is 0 Å². The molecular weight excluding hydrogens is 1620 g/mol. The molecule has 111 heavy (non-hydrogen) atoms. The van der Waals surface area contributed by atoms with Crippen LogP contribution in [0.25, 0.3) is 11.4 Å². The number of nitrogens with one attached hydrogen (secondary N) is 2. The van der Waals surface area contributed by atoms with Gasteiger partial charge in [0.1, 0.15) is 51.8 Å². The van der Waals surface area contributed by atoms with E-state index in [0.29, 0.717) is 0 Å². The third-order valence-electron chi connectivity index (χ3n) is 15.5. The van der Waals surface area contributed by atoms with Crippen LogP contribution in [0.5, 0.6) is 23.3 Å². The number of sulfonamides is 2. The van der Waals surface area contributed by atoms with Gasteiger partial charge in [-0.3, -0.25) is 19.0 Å². The molecule has 2 atom stereocenters. The third kappa shape index (κ3) is 18.5. The number of anilines is 4. The smallest absolute Gasteiger partial charge is 0.871 e. The molecule has 0 fully saturated rings. The Kier molecular flexibility index (Phi) is 23.2. The van der Waals surface area contributed by atoms with Crippen molar-refractivity contribution in [2.75, 3.05) is 19.5 Å². The summed E-state index contributed by atoms with van der Waals surface area (Å²) in [4.78, 5) is 23.3. The Balaban J connectivity index is 0.000000234. The molecule has 2 aromatic heterocycles. The maximum atomic E-state index is 13.2. The minimum atomic E-state index is -4.72. The van der Waals surface area contributed by atoms with E-state index in [-0.39, 0.29) is 106 Å². The van der Waals surface area contributed by atoms with Gasteiger partial charge in [-0.25, -0.2) is 59.9 Å². The molecule has 47 heteroatoms. The summed E-state index contributed by atoms with van der Waals surface area (Å²) in [6.07, 6.45) is 0. The van der Waals surface area contributed by atoms with Gasteiger partial charge >= 0.3 is 16.8 Å². The number of hydrogen-bond acceptors (Lipinski definition) is 34. The minimum absolute atomic E-state index is 0. The van der Waals surface area contributed by atoms with E-state index in [1.54, 1.807) is 0 Å². The normalized spacial score (nSPS) is 15.1. The van der Waals surface area contributed by atoms with E-state index < -0.39 is 139 Å². The van der Waals surface area contributed by atoms with Crippen LogP contribution in [0.4, 0.5) is 56.9 Å². The molecule has 0 spiro atoms. The maximum absolute atomic E-state index is 13.2. The average Bonchev–Trinajstić information content (AvgIpc) is 1.73. The number of carbonyl (C=O) groups is 2. The molecule has 10 aromatic rings. The van der Waals surface area contributed by atoms with Crippen molar-refractivity contribution in [2.24, 2.45) is 51.1 Å². The summed E-state index contributed by atoms with van der Waals surface area (Å²) >= 11 is 0. The van der Waals surface area contributed by atoms with Gasteiger partial charge in [-0.1, -0.05) is 23.6 Å². The zero-order valence-corrected chi connectivity index (χ0v) is 62.3. The van der Waals surface area contributed by atoms with Gasteiger partial charge < -0.3 is 38.6 Å². The molecule has 8 aromatic carbocycles. The molecule has 0 saturated carbocycles. The second kappa shape index (κ2) is 31.7. The van der Waals surface area contributed by atoms with Gasteiger partial charge in [0.2, 0.25) is 0 Å². The fourth-order valence-electron chi connectivity index (χ4n) is 9.90. The molecule has 0 radical (unpaired) electrons. The summed E-state index contributed by atoms with van der Waals surface area (Å²) in [7, 11) is -27.4. The molecule has 574 valence electrons. The van der Waals surface area contributed by atoms with Crippen LogP contribution in [0.3, 0.4) is 0 Å². The van der Waals surface area contributed by atoms with E-state index in [4.69, 9.17) is 0 Å². The zero-order valence-electron chi connectivity index (χ0n) is 56.4. The second-order valence-electron chi connectivity index (χ2n) is 23.1. The van der Waals surface area contributed by atoms with Gasteiger partial charge in [0.25, 0.3) is 31.9 Å². The van der Waals surface area contributed by atoms with Crippen LogP contribution in [0.1, 0.15) is 25.2 Å². The number of azo groups is 4. The van der Waals surface area contributed by atoms with E-state index in [1.165, 1.54) is 125 Å². The Morgan fingerprint density at radius 3 is 1.00 bits per heavy atom. The predicted molar refractivity (Wildman–Crippen MR) is 373 cm³/mol. The zero-order chi connectivity index (χ0) is 79.7. The number of hydrogen-bond donors (Lipinski definition) is 2.